The van der Waals surface area contributed by atoms with E-state index in [1.807, 2.05) is 0 Å². The highest BCUT2D eigenvalue weighted by molar-refractivity contribution is 7.58. The summed E-state index contributed by atoms with van der Waals surface area (Å²) in [6.07, 6.45) is 2.83. The molecule has 1 nitrogen and oxygen atoms in total. The van der Waals surface area contributed by atoms with E-state index in [4.69, 9.17) is 11.6 Å². The molecule has 54 valence electrons. The van der Waals surface area contributed by atoms with E-state index in [2.05, 4.69) is 13.8 Å². The Labute approximate surface area is 62.5 Å². The first-order valence-electron chi connectivity index (χ1n) is 3.11. The van der Waals surface area contributed by atoms with Crippen molar-refractivity contribution in [3.8, 4) is 0 Å². The third-order valence-corrected chi connectivity index (χ3v) is 4.09. The van der Waals surface area contributed by atoms with Crippen molar-refractivity contribution < 1.29 is 4.79 Å². The van der Waals surface area contributed by atoms with E-state index < -0.39 is 0 Å². The fourth-order valence-corrected chi connectivity index (χ4v) is 2.38. The molecule has 0 bridgehead atoms. The first-order valence-corrected chi connectivity index (χ1v) is 5.38. The molecule has 0 rings (SSSR count). The molecule has 0 radical (unpaired) electrons. The molecule has 0 aromatic rings. The van der Waals surface area contributed by atoms with Gasteiger partial charge in [0.2, 0.25) is 5.24 Å². The Morgan fingerprint density at radius 2 is 1.89 bits per heavy atom. The lowest BCUT2D eigenvalue weighted by atomic mass is 10.9. The van der Waals surface area contributed by atoms with E-state index in [1.165, 1.54) is 0 Å². The van der Waals surface area contributed by atoms with Crippen LogP contribution in [0.5, 0.6) is 0 Å². The van der Waals surface area contributed by atoms with Crippen LogP contribution in [0.3, 0.4) is 0 Å². The Balaban J connectivity index is 3.43. The fraction of sp³-hybridized carbons (Fsp3) is 0.833. The smallest absolute Gasteiger partial charge is 0.225 e. The molecule has 0 aliphatic rings. The minimum atomic E-state index is -0.176. The van der Waals surface area contributed by atoms with Crippen LogP contribution in [0.2, 0.25) is 0 Å². The van der Waals surface area contributed by atoms with Gasteiger partial charge in [-0.15, -0.1) is 0 Å². The maximum absolute atomic E-state index is 10.4. The quantitative estimate of drug-likeness (QED) is 0.463. The highest BCUT2D eigenvalue weighted by Gasteiger charge is 2.05. The second-order valence-electron chi connectivity index (χ2n) is 1.82. The lowest BCUT2D eigenvalue weighted by Gasteiger charge is -2.07. The van der Waals surface area contributed by atoms with Gasteiger partial charge in [-0.1, -0.05) is 21.8 Å². The Morgan fingerprint density at radius 3 is 2.00 bits per heavy atom. The van der Waals surface area contributed by atoms with E-state index in [-0.39, 0.29) is 13.2 Å². The average molecular weight is 167 g/mol. The van der Waals surface area contributed by atoms with Gasteiger partial charge >= 0.3 is 0 Å². The van der Waals surface area contributed by atoms with Crippen LogP contribution < -0.4 is 0 Å². The third-order valence-electron chi connectivity index (χ3n) is 1.24. The maximum atomic E-state index is 10.4. The summed E-state index contributed by atoms with van der Waals surface area (Å²) < 4.78 is 0. The standard InChI is InChI=1S/C6H12ClOP/c1-3-9(4-2)5-6(7)8/h3-5H2,1-2H3. The van der Waals surface area contributed by atoms with Gasteiger partial charge in [0.05, 0.1) is 0 Å². The van der Waals surface area contributed by atoms with E-state index in [1.54, 1.807) is 0 Å². The highest BCUT2D eigenvalue weighted by Crippen LogP contribution is 2.33. The van der Waals surface area contributed by atoms with Crippen LogP contribution in [0.15, 0.2) is 0 Å². The summed E-state index contributed by atoms with van der Waals surface area (Å²) in [5, 5.41) is -0.176. The van der Waals surface area contributed by atoms with E-state index in [0.717, 1.165) is 12.3 Å². The highest BCUT2D eigenvalue weighted by atomic mass is 35.5. The van der Waals surface area contributed by atoms with Gasteiger partial charge in [-0.2, -0.15) is 0 Å². The topological polar surface area (TPSA) is 17.1 Å². The summed E-state index contributed by atoms with van der Waals surface area (Å²) in [5.74, 6) is 0. The Hall–Kier alpha value is 0.390. The van der Waals surface area contributed by atoms with Crippen molar-refractivity contribution in [2.45, 2.75) is 13.8 Å². The molecule has 0 unspecified atom stereocenters. The first kappa shape index (κ1) is 9.39. The van der Waals surface area contributed by atoms with Crippen LogP contribution in [-0.2, 0) is 4.79 Å². The first-order chi connectivity index (χ1) is 4.20. The van der Waals surface area contributed by atoms with Gasteiger partial charge in [0.15, 0.2) is 0 Å². The number of carbonyl (C=O) groups is 1. The molecule has 0 aliphatic carbocycles. The normalized spacial score (nSPS) is 10.2. The average Bonchev–Trinajstić information content (AvgIpc) is 1.82. The van der Waals surface area contributed by atoms with Crippen LogP contribution in [-0.4, -0.2) is 23.7 Å². The molecule has 0 heterocycles. The van der Waals surface area contributed by atoms with Crippen LogP contribution >= 0.6 is 19.5 Å². The molecule has 0 amide bonds. The monoisotopic (exact) mass is 166 g/mol. The van der Waals surface area contributed by atoms with Gasteiger partial charge in [0.1, 0.15) is 0 Å². The van der Waals surface area contributed by atoms with Gasteiger partial charge in [-0.05, 0) is 23.9 Å². The van der Waals surface area contributed by atoms with Crippen molar-refractivity contribution in [1.29, 1.82) is 0 Å². The molecule has 0 N–H and O–H groups in total. The molecule has 0 saturated heterocycles. The van der Waals surface area contributed by atoms with Crippen molar-refractivity contribution >= 4 is 24.8 Å². The summed E-state index contributed by atoms with van der Waals surface area (Å²) in [6, 6.07) is 0. The molecule has 0 atom stereocenters. The summed E-state index contributed by atoms with van der Waals surface area (Å²) >= 11 is 5.21. The number of hydrogen-bond donors (Lipinski definition) is 0. The molecule has 9 heavy (non-hydrogen) atoms. The Morgan fingerprint density at radius 1 is 1.44 bits per heavy atom. The summed E-state index contributed by atoms with van der Waals surface area (Å²) in [6.45, 7) is 4.21. The fourth-order valence-electron chi connectivity index (χ4n) is 0.623. The largest absolute Gasteiger partial charge is 0.281 e. The minimum Gasteiger partial charge on any atom is -0.281 e. The minimum absolute atomic E-state index is 0.0772. The lowest BCUT2D eigenvalue weighted by Crippen LogP contribution is -1.96. The molecule has 0 saturated carbocycles. The van der Waals surface area contributed by atoms with Crippen molar-refractivity contribution in [3.63, 3.8) is 0 Å². The SMILES string of the molecule is CCP(CC)CC(=O)Cl. The van der Waals surface area contributed by atoms with Crippen molar-refractivity contribution in [2.75, 3.05) is 18.5 Å². The number of carbonyl (C=O) groups excluding carboxylic acids is 1. The third kappa shape index (κ3) is 4.87. The predicted molar refractivity (Wildman–Crippen MR) is 43.7 cm³/mol. The second kappa shape index (κ2) is 5.20. The maximum Gasteiger partial charge on any atom is 0.225 e. The molecule has 0 spiro atoms. The predicted octanol–water partition coefficient (Wildman–Crippen LogP) is 2.27. The molecular formula is C6H12ClOP. The summed E-state index contributed by atoms with van der Waals surface area (Å²) in [7, 11) is -0.0772. The second-order valence-corrected chi connectivity index (χ2v) is 5.16. The molecule has 0 aromatic heterocycles. The van der Waals surface area contributed by atoms with E-state index >= 15 is 0 Å². The van der Waals surface area contributed by atoms with Gasteiger partial charge in [-0.3, -0.25) is 4.79 Å². The molecular weight excluding hydrogens is 154 g/mol. The van der Waals surface area contributed by atoms with Crippen molar-refractivity contribution in [2.24, 2.45) is 0 Å². The summed E-state index contributed by atoms with van der Waals surface area (Å²) in [4.78, 5) is 10.4. The molecule has 3 heteroatoms. The van der Waals surface area contributed by atoms with E-state index in [0.29, 0.717) is 6.16 Å². The molecule has 0 fully saturated rings. The van der Waals surface area contributed by atoms with Gasteiger partial charge in [-0.25, -0.2) is 0 Å². The van der Waals surface area contributed by atoms with Crippen LogP contribution in [0.25, 0.3) is 0 Å². The Kier molecular flexibility index (Phi) is 5.42. The van der Waals surface area contributed by atoms with Crippen molar-refractivity contribution in [3.05, 3.63) is 0 Å². The van der Waals surface area contributed by atoms with Crippen LogP contribution in [0.1, 0.15) is 13.8 Å². The zero-order valence-electron chi connectivity index (χ0n) is 5.85. The molecule has 0 aromatic carbocycles. The van der Waals surface area contributed by atoms with Crippen molar-refractivity contribution in [1.82, 2.24) is 0 Å². The van der Waals surface area contributed by atoms with Gasteiger partial charge in [0.25, 0.3) is 0 Å². The lowest BCUT2D eigenvalue weighted by molar-refractivity contribution is -0.109. The summed E-state index contributed by atoms with van der Waals surface area (Å²) in [5.41, 5.74) is 0. The molecule has 0 aliphatic heterocycles. The number of hydrogen-bond acceptors (Lipinski definition) is 1. The van der Waals surface area contributed by atoms with Crippen LogP contribution in [0, 0.1) is 0 Å². The zero-order valence-corrected chi connectivity index (χ0v) is 7.51. The van der Waals surface area contributed by atoms with E-state index in [9.17, 15) is 4.79 Å². The zero-order chi connectivity index (χ0) is 7.28. The Bertz CT molecular complexity index is 91.1. The van der Waals surface area contributed by atoms with Gasteiger partial charge in [0, 0.05) is 6.16 Å². The number of halogens is 1. The number of rotatable bonds is 4. The van der Waals surface area contributed by atoms with Gasteiger partial charge < -0.3 is 0 Å². The van der Waals surface area contributed by atoms with Crippen LogP contribution in [0.4, 0.5) is 0 Å².